The van der Waals surface area contributed by atoms with E-state index >= 15 is 0 Å². The van der Waals surface area contributed by atoms with Crippen LogP contribution in [0.5, 0.6) is 0 Å². The molecule has 0 saturated heterocycles. The minimum absolute atomic E-state index is 0.0773. The summed E-state index contributed by atoms with van der Waals surface area (Å²) in [5, 5.41) is 22.8. The zero-order valence-corrected chi connectivity index (χ0v) is 28.6. The molecule has 0 aromatic carbocycles. The molecular weight excluding hydrogens is 516 g/mol. The average Bonchev–Trinajstić information content (AvgIpc) is 3.31. The Morgan fingerprint density at radius 3 is 2.12 bits per heavy atom. The fourth-order valence-electron chi connectivity index (χ4n) is 10.9. The van der Waals surface area contributed by atoms with Gasteiger partial charge in [0.2, 0.25) is 0 Å². The predicted molar refractivity (Wildman–Crippen MR) is 180 cm³/mol. The largest absolute Gasteiger partial charge is 0.393 e. The van der Waals surface area contributed by atoms with Gasteiger partial charge >= 0.3 is 0 Å². The van der Waals surface area contributed by atoms with Gasteiger partial charge in [0.15, 0.2) is 0 Å². The predicted octanol–water partition coefficient (Wildman–Crippen LogP) is 6.74. The fourth-order valence-corrected chi connectivity index (χ4v) is 10.9. The molecule has 4 rings (SSSR count). The number of unbranched alkanes of at least 4 members (excludes halogenated alkanes) is 1. The van der Waals surface area contributed by atoms with Crippen molar-refractivity contribution in [3.05, 3.63) is 0 Å². The first-order valence-electron chi connectivity index (χ1n) is 18.7. The third-order valence-electron chi connectivity index (χ3n) is 13.4. The highest BCUT2D eigenvalue weighted by Gasteiger charge is 2.62. The van der Waals surface area contributed by atoms with Gasteiger partial charge in [0.1, 0.15) is 0 Å². The van der Waals surface area contributed by atoms with Crippen LogP contribution in [0.2, 0.25) is 0 Å². The Morgan fingerprint density at radius 2 is 1.40 bits per heavy atom. The molecule has 246 valence electrons. The number of rotatable bonds is 18. The van der Waals surface area contributed by atoms with Crippen LogP contribution in [0.1, 0.15) is 131 Å². The molecule has 3 unspecified atom stereocenters. The van der Waals surface area contributed by atoms with Crippen molar-refractivity contribution in [2.75, 3.05) is 39.3 Å². The van der Waals surface area contributed by atoms with Crippen molar-refractivity contribution in [2.24, 2.45) is 58.0 Å². The highest BCUT2D eigenvalue weighted by atomic mass is 16.3. The second-order valence-electron chi connectivity index (χ2n) is 16.5. The number of nitrogens with one attached hydrogen (secondary N) is 3. The minimum atomic E-state index is -0.0773. The van der Waals surface area contributed by atoms with Crippen LogP contribution < -0.4 is 21.7 Å². The molecule has 0 amide bonds. The van der Waals surface area contributed by atoms with Crippen LogP contribution in [-0.4, -0.2) is 56.5 Å². The van der Waals surface area contributed by atoms with E-state index in [-0.39, 0.29) is 6.10 Å². The number of aliphatic hydroxyl groups is 1. The first-order valence-corrected chi connectivity index (χ1v) is 18.7. The highest BCUT2D eigenvalue weighted by molar-refractivity contribution is 5.12. The van der Waals surface area contributed by atoms with Crippen molar-refractivity contribution in [3.63, 3.8) is 0 Å². The Balaban J connectivity index is 1.19. The highest BCUT2D eigenvalue weighted by Crippen LogP contribution is 2.68. The van der Waals surface area contributed by atoms with Gasteiger partial charge in [0, 0.05) is 6.04 Å². The number of hydrogen-bond donors (Lipinski definition) is 5. The normalized spacial score (nSPS) is 38.7. The van der Waals surface area contributed by atoms with E-state index in [1.165, 1.54) is 83.5 Å². The summed E-state index contributed by atoms with van der Waals surface area (Å²) in [7, 11) is 0. The summed E-state index contributed by atoms with van der Waals surface area (Å²) >= 11 is 0. The van der Waals surface area contributed by atoms with Crippen LogP contribution in [0.15, 0.2) is 0 Å². The van der Waals surface area contributed by atoms with Crippen molar-refractivity contribution in [1.29, 1.82) is 0 Å². The van der Waals surface area contributed by atoms with Gasteiger partial charge in [0.05, 0.1) is 6.10 Å². The molecule has 0 spiro atoms. The van der Waals surface area contributed by atoms with Crippen LogP contribution in [0.25, 0.3) is 0 Å². The lowest BCUT2D eigenvalue weighted by atomic mass is 9.43. The van der Waals surface area contributed by atoms with E-state index in [2.05, 4.69) is 50.6 Å². The molecule has 4 fully saturated rings. The molecular formula is C37H72N4O. The van der Waals surface area contributed by atoms with Gasteiger partial charge in [-0.3, -0.25) is 0 Å². The average molecular weight is 589 g/mol. The molecule has 0 aromatic heterocycles. The van der Waals surface area contributed by atoms with Gasteiger partial charge in [-0.2, -0.15) is 0 Å². The van der Waals surface area contributed by atoms with Crippen molar-refractivity contribution >= 4 is 0 Å². The first kappa shape index (κ1) is 34.7. The molecule has 4 aliphatic carbocycles. The maximum absolute atomic E-state index is 11.8. The zero-order chi connectivity index (χ0) is 30.2. The molecule has 0 bridgehead atoms. The molecule has 42 heavy (non-hydrogen) atoms. The third kappa shape index (κ3) is 8.33. The maximum Gasteiger partial charge on any atom is 0.0577 e. The van der Waals surface area contributed by atoms with E-state index in [1.807, 2.05) is 0 Å². The molecule has 0 radical (unpaired) electrons. The van der Waals surface area contributed by atoms with Crippen molar-refractivity contribution in [3.8, 4) is 0 Å². The van der Waals surface area contributed by atoms with Gasteiger partial charge in [0.25, 0.3) is 0 Å². The Kier molecular flexibility index (Phi) is 13.5. The van der Waals surface area contributed by atoms with Crippen LogP contribution in [0.3, 0.4) is 0 Å². The molecule has 10 atom stereocenters. The fraction of sp³-hybridized carbons (Fsp3) is 1.00. The zero-order valence-electron chi connectivity index (χ0n) is 28.6. The smallest absolute Gasteiger partial charge is 0.0577 e. The van der Waals surface area contributed by atoms with Crippen molar-refractivity contribution in [1.82, 2.24) is 16.0 Å². The molecule has 4 saturated carbocycles. The maximum atomic E-state index is 11.8. The Morgan fingerprint density at radius 1 is 0.738 bits per heavy atom. The van der Waals surface area contributed by atoms with Gasteiger partial charge < -0.3 is 26.8 Å². The summed E-state index contributed by atoms with van der Waals surface area (Å²) in [4.78, 5) is 0. The molecule has 0 aliphatic heterocycles. The summed E-state index contributed by atoms with van der Waals surface area (Å²) in [6.07, 6.45) is 19.4. The summed E-state index contributed by atoms with van der Waals surface area (Å²) in [5.41, 5.74) is 6.43. The minimum Gasteiger partial charge on any atom is -0.393 e. The second-order valence-corrected chi connectivity index (χ2v) is 16.5. The number of fused-ring (bicyclic) bond motifs is 5. The van der Waals surface area contributed by atoms with E-state index in [1.54, 1.807) is 0 Å². The SMILES string of the molecule is CC(C)CCC[C@@H](C)[C@H]1CCC2C3C(CC[C@@]21C)[C@@]1(C)CC[C@H](NCCCNCCCCNCCCN)C[C@@H]1C[C@H]3O. The standard InChI is InChI=1S/C37H72N4O/c1-27(2)11-8-12-28(3)31-13-14-32-35-33(16-18-37(31,32)5)36(4)17-15-30(25-29(36)26-34(35)42)41-24-10-23-40-21-7-6-20-39-22-9-19-38/h27-35,39-42H,6-26,38H2,1-5H3/t28-,29-,30+,31-,32?,33?,34-,35?,36+,37-/m1/s1. The lowest BCUT2D eigenvalue weighted by Gasteiger charge is -2.62. The molecule has 0 aromatic rings. The number of nitrogens with two attached hydrogens (primary N) is 1. The van der Waals surface area contributed by atoms with Gasteiger partial charge in [-0.1, -0.05) is 53.9 Å². The van der Waals surface area contributed by atoms with E-state index in [0.717, 1.165) is 81.7 Å². The third-order valence-corrected chi connectivity index (χ3v) is 13.4. The lowest BCUT2D eigenvalue weighted by Crippen LogP contribution is -2.59. The summed E-state index contributed by atoms with van der Waals surface area (Å²) in [5.74, 6) is 5.25. The second kappa shape index (κ2) is 16.4. The lowest BCUT2D eigenvalue weighted by molar-refractivity contribution is -0.167. The van der Waals surface area contributed by atoms with E-state index in [9.17, 15) is 5.11 Å². The van der Waals surface area contributed by atoms with Crippen molar-refractivity contribution in [2.45, 2.75) is 143 Å². The molecule has 0 heterocycles. The van der Waals surface area contributed by atoms with E-state index < -0.39 is 0 Å². The van der Waals surface area contributed by atoms with Crippen LogP contribution in [0.4, 0.5) is 0 Å². The van der Waals surface area contributed by atoms with Gasteiger partial charge in [-0.25, -0.2) is 0 Å². The van der Waals surface area contributed by atoms with Crippen LogP contribution in [-0.2, 0) is 0 Å². The van der Waals surface area contributed by atoms with Gasteiger partial charge in [-0.15, -0.1) is 0 Å². The number of aliphatic hydroxyl groups excluding tert-OH is 1. The van der Waals surface area contributed by atoms with E-state index in [4.69, 9.17) is 5.73 Å². The summed E-state index contributed by atoms with van der Waals surface area (Å²) in [6, 6.07) is 0.642. The summed E-state index contributed by atoms with van der Waals surface area (Å²) in [6.45, 7) is 18.9. The summed E-state index contributed by atoms with van der Waals surface area (Å²) < 4.78 is 0. The van der Waals surface area contributed by atoms with Crippen LogP contribution in [0, 0.1) is 52.3 Å². The Bertz CT molecular complexity index is 777. The first-order chi connectivity index (χ1) is 20.2. The molecule has 5 heteroatoms. The monoisotopic (exact) mass is 589 g/mol. The topological polar surface area (TPSA) is 82.3 Å². The quantitative estimate of drug-likeness (QED) is 0.115. The van der Waals surface area contributed by atoms with Gasteiger partial charge in [-0.05, 0) is 169 Å². The Hall–Kier alpha value is -0.200. The van der Waals surface area contributed by atoms with Crippen molar-refractivity contribution < 1.29 is 5.11 Å². The Labute approximate surface area is 261 Å². The number of hydrogen-bond acceptors (Lipinski definition) is 5. The molecule has 5 nitrogen and oxygen atoms in total. The van der Waals surface area contributed by atoms with E-state index in [0.29, 0.717) is 28.7 Å². The van der Waals surface area contributed by atoms with Crippen LogP contribution >= 0.6 is 0 Å². The molecule has 4 aliphatic rings. The molecule has 6 N–H and O–H groups in total.